The number of hydrogen-bond donors (Lipinski definition) is 0. The molecule has 0 fully saturated rings. The lowest BCUT2D eigenvalue weighted by Gasteiger charge is -2.01. The molecule has 14 heavy (non-hydrogen) atoms. The van der Waals surface area contributed by atoms with Crippen LogP contribution < -0.4 is 0 Å². The first-order valence-electron chi connectivity index (χ1n) is 5.49. The molecule has 1 aromatic carbocycles. The maximum absolute atomic E-state index is 3.90. The molecule has 0 amide bonds. The van der Waals surface area contributed by atoms with Crippen LogP contribution in [0.15, 0.2) is 30.8 Å². The van der Waals surface area contributed by atoms with Crippen LogP contribution in [-0.2, 0) is 6.42 Å². The Morgan fingerprint density at radius 2 is 1.64 bits per heavy atom. The van der Waals surface area contributed by atoms with Gasteiger partial charge in [-0.25, -0.2) is 0 Å². The molecular formula is C14H22. The van der Waals surface area contributed by atoms with Crippen molar-refractivity contribution in [1.29, 1.82) is 0 Å². The minimum absolute atomic E-state index is 1.14. The van der Waals surface area contributed by atoms with E-state index < -0.39 is 0 Å². The molecule has 0 bridgehead atoms. The van der Waals surface area contributed by atoms with Gasteiger partial charge in [-0.15, -0.1) is 0 Å². The zero-order valence-corrected chi connectivity index (χ0v) is 9.93. The Kier molecular flexibility index (Phi) is 6.82. The predicted molar refractivity (Wildman–Crippen MR) is 66.5 cm³/mol. The molecule has 0 radical (unpaired) electrons. The lowest BCUT2D eigenvalue weighted by molar-refractivity contribution is 0.922. The van der Waals surface area contributed by atoms with E-state index in [2.05, 4.69) is 37.8 Å². The van der Waals surface area contributed by atoms with Crippen LogP contribution in [0.2, 0.25) is 0 Å². The molecule has 0 aliphatic carbocycles. The Morgan fingerprint density at radius 1 is 1.14 bits per heavy atom. The quantitative estimate of drug-likeness (QED) is 0.648. The maximum Gasteiger partial charge on any atom is -0.0233 e. The van der Waals surface area contributed by atoms with Crippen molar-refractivity contribution in [3.05, 3.63) is 42.0 Å². The predicted octanol–water partition coefficient (Wildman–Crippen LogP) is 4.70. The minimum atomic E-state index is 1.14. The zero-order valence-electron chi connectivity index (χ0n) is 9.93. The largest absolute Gasteiger partial charge is 0.0955 e. The van der Waals surface area contributed by atoms with Crippen LogP contribution in [0.3, 0.4) is 0 Å². The fourth-order valence-corrected chi connectivity index (χ4v) is 1.24. The molecule has 1 aromatic rings. The van der Waals surface area contributed by atoms with Gasteiger partial charge in [0.15, 0.2) is 0 Å². The molecule has 0 unspecified atom stereocenters. The van der Waals surface area contributed by atoms with Crippen LogP contribution >= 0.6 is 0 Å². The molecule has 0 aliphatic rings. The van der Waals surface area contributed by atoms with Crippen LogP contribution in [0, 0.1) is 0 Å². The Balaban J connectivity index is 0.000000791. The van der Waals surface area contributed by atoms with Gasteiger partial charge in [-0.1, -0.05) is 63.6 Å². The molecule has 0 nitrogen and oxygen atoms in total. The number of aryl methyl sites for hydroxylation is 1. The van der Waals surface area contributed by atoms with E-state index >= 15 is 0 Å². The summed E-state index contributed by atoms with van der Waals surface area (Å²) in [4.78, 5) is 0. The number of allylic oxidation sites excluding steroid dienone is 1. The fraction of sp³-hybridized carbons (Fsp3) is 0.429. The summed E-state index contributed by atoms with van der Waals surface area (Å²) in [6.45, 7) is 12.1. The standard InChI is InChI=1S/C12H16.C2H6/c1-4-5-11-6-8-12(9-7-11)10(2)3;1-2/h6-9H,2,4-5H2,1,3H3;1-2H3. The third-order valence-corrected chi connectivity index (χ3v) is 1.99. The molecule has 0 saturated carbocycles. The van der Waals surface area contributed by atoms with Gasteiger partial charge in [-0.3, -0.25) is 0 Å². The first-order valence-corrected chi connectivity index (χ1v) is 5.49. The SMILES string of the molecule is C=C(C)c1ccc(CCC)cc1.CC. The highest BCUT2D eigenvalue weighted by Gasteiger charge is 1.93. The zero-order chi connectivity index (χ0) is 11.0. The van der Waals surface area contributed by atoms with Crippen molar-refractivity contribution in [3.63, 3.8) is 0 Å². The van der Waals surface area contributed by atoms with Crippen LogP contribution in [0.4, 0.5) is 0 Å². The summed E-state index contributed by atoms with van der Waals surface area (Å²) in [5, 5.41) is 0. The highest BCUT2D eigenvalue weighted by molar-refractivity contribution is 5.61. The monoisotopic (exact) mass is 190 g/mol. The second kappa shape index (κ2) is 7.37. The number of benzene rings is 1. The summed E-state index contributed by atoms with van der Waals surface area (Å²) in [7, 11) is 0. The highest BCUT2D eigenvalue weighted by atomic mass is 14.0. The number of rotatable bonds is 3. The molecule has 0 heteroatoms. The molecular weight excluding hydrogens is 168 g/mol. The van der Waals surface area contributed by atoms with Gasteiger partial charge in [0.2, 0.25) is 0 Å². The Bertz CT molecular complexity index is 254. The van der Waals surface area contributed by atoms with Gasteiger partial charge >= 0.3 is 0 Å². The van der Waals surface area contributed by atoms with E-state index in [9.17, 15) is 0 Å². The molecule has 1 rings (SSSR count). The van der Waals surface area contributed by atoms with Gasteiger partial charge < -0.3 is 0 Å². The van der Waals surface area contributed by atoms with Crippen LogP contribution in [0.1, 0.15) is 45.2 Å². The molecule has 0 saturated heterocycles. The molecule has 0 heterocycles. The first-order chi connectivity index (χ1) is 6.74. The molecule has 0 N–H and O–H groups in total. The van der Waals surface area contributed by atoms with E-state index in [1.807, 2.05) is 20.8 Å². The van der Waals surface area contributed by atoms with Crippen LogP contribution in [0.25, 0.3) is 5.57 Å². The summed E-state index contributed by atoms with van der Waals surface area (Å²) in [5.74, 6) is 0. The summed E-state index contributed by atoms with van der Waals surface area (Å²) < 4.78 is 0. The average molecular weight is 190 g/mol. The second-order valence-corrected chi connectivity index (χ2v) is 3.23. The van der Waals surface area contributed by atoms with Gasteiger partial charge in [0.1, 0.15) is 0 Å². The van der Waals surface area contributed by atoms with Crippen molar-refractivity contribution >= 4 is 5.57 Å². The van der Waals surface area contributed by atoms with Gasteiger partial charge in [0.05, 0.1) is 0 Å². The van der Waals surface area contributed by atoms with Crippen LogP contribution in [0.5, 0.6) is 0 Å². The van der Waals surface area contributed by atoms with Crippen molar-refractivity contribution in [1.82, 2.24) is 0 Å². The smallest absolute Gasteiger partial charge is 0.0233 e. The van der Waals surface area contributed by atoms with Gasteiger partial charge in [-0.2, -0.15) is 0 Å². The fourth-order valence-electron chi connectivity index (χ4n) is 1.24. The van der Waals surface area contributed by atoms with Crippen molar-refractivity contribution in [2.75, 3.05) is 0 Å². The third-order valence-electron chi connectivity index (χ3n) is 1.99. The normalized spacial score (nSPS) is 8.86. The van der Waals surface area contributed by atoms with Gasteiger partial charge in [-0.05, 0) is 24.5 Å². The molecule has 0 atom stereocenters. The second-order valence-electron chi connectivity index (χ2n) is 3.23. The van der Waals surface area contributed by atoms with E-state index in [1.54, 1.807) is 0 Å². The molecule has 0 aliphatic heterocycles. The first kappa shape index (κ1) is 13.0. The average Bonchev–Trinajstić information content (AvgIpc) is 2.22. The lowest BCUT2D eigenvalue weighted by Crippen LogP contribution is -1.83. The van der Waals surface area contributed by atoms with E-state index in [0.717, 1.165) is 5.57 Å². The highest BCUT2D eigenvalue weighted by Crippen LogP contribution is 2.12. The summed E-state index contributed by atoms with van der Waals surface area (Å²) in [5.41, 5.74) is 3.80. The molecule has 0 aromatic heterocycles. The maximum atomic E-state index is 3.90. The van der Waals surface area contributed by atoms with E-state index in [0.29, 0.717) is 0 Å². The van der Waals surface area contributed by atoms with Crippen LogP contribution in [-0.4, -0.2) is 0 Å². The summed E-state index contributed by atoms with van der Waals surface area (Å²) in [6, 6.07) is 8.67. The van der Waals surface area contributed by atoms with Crippen molar-refractivity contribution < 1.29 is 0 Å². The molecule has 0 spiro atoms. The Hall–Kier alpha value is -1.04. The third kappa shape index (κ3) is 4.27. The van der Waals surface area contributed by atoms with Crippen molar-refractivity contribution in [2.45, 2.75) is 40.5 Å². The Labute approximate surface area is 88.7 Å². The van der Waals surface area contributed by atoms with Crippen molar-refractivity contribution in [3.8, 4) is 0 Å². The van der Waals surface area contributed by atoms with E-state index in [4.69, 9.17) is 0 Å². The molecule has 78 valence electrons. The minimum Gasteiger partial charge on any atom is -0.0955 e. The summed E-state index contributed by atoms with van der Waals surface area (Å²) in [6.07, 6.45) is 2.39. The summed E-state index contributed by atoms with van der Waals surface area (Å²) >= 11 is 0. The lowest BCUT2D eigenvalue weighted by atomic mass is 10.0. The van der Waals surface area contributed by atoms with E-state index in [-0.39, 0.29) is 0 Å². The van der Waals surface area contributed by atoms with Gasteiger partial charge in [0, 0.05) is 0 Å². The number of hydrogen-bond acceptors (Lipinski definition) is 0. The van der Waals surface area contributed by atoms with Crippen molar-refractivity contribution in [2.24, 2.45) is 0 Å². The topological polar surface area (TPSA) is 0 Å². The Morgan fingerprint density at radius 3 is 2.00 bits per heavy atom. The van der Waals surface area contributed by atoms with Gasteiger partial charge in [0.25, 0.3) is 0 Å². The van der Waals surface area contributed by atoms with E-state index in [1.165, 1.54) is 24.0 Å².